The zero-order chi connectivity index (χ0) is 20.4. The summed E-state index contributed by atoms with van der Waals surface area (Å²) in [6.45, 7) is 0. The van der Waals surface area contributed by atoms with E-state index in [1.165, 1.54) is 31.4 Å². The maximum Gasteiger partial charge on any atom is 0.261 e. The minimum atomic E-state index is -3.76. The molecule has 2 bridgehead atoms. The van der Waals surface area contributed by atoms with Crippen LogP contribution in [0.25, 0.3) is 0 Å². The maximum absolute atomic E-state index is 12.7. The van der Waals surface area contributed by atoms with Crippen molar-refractivity contribution in [3.63, 3.8) is 0 Å². The highest BCUT2D eigenvalue weighted by Gasteiger charge is 2.40. The molecule has 3 unspecified atom stereocenters. The SMILES string of the molecule is COc1ccc(NS(=O)(=O)c2cccc(NC(=O)CC3CC4CCC3C4)c2)cc1. The van der Waals surface area contributed by atoms with Crippen LogP contribution in [0.2, 0.25) is 0 Å². The van der Waals surface area contributed by atoms with Crippen LogP contribution >= 0.6 is 0 Å². The summed E-state index contributed by atoms with van der Waals surface area (Å²) in [6, 6.07) is 13.0. The van der Waals surface area contributed by atoms with Gasteiger partial charge in [-0.25, -0.2) is 8.42 Å². The molecule has 2 aliphatic rings. The summed E-state index contributed by atoms with van der Waals surface area (Å²) >= 11 is 0. The number of carbonyl (C=O) groups excluding carboxylic acids is 1. The third-order valence-corrected chi connectivity index (χ3v) is 7.48. The minimum Gasteiger partial charge on any atom is -0.497 e. The number of anilines is 2. The number of rotatable bonds is 7. The van der Waals surface area contributed by atoms with E-state index in [4.69, 9.17) is 4.74 Å². The van der Waals surface area contributed by atoms with Crippen LogP contribution in [0.4, 0.5) is 11.4 Å². The first-order valence-electron chi connectivity index (χ1n) is 10.00. The molecule has 0 aromatic heterocycles. The van der Waals surface area contributed by atoms with E-state index in [1.54, 1.807) is 43.5 Å². The van der Waals surface area contributed by atoms with Crippen LogP contribution in [0.3, 0.4) is 0 Å². The summed E-state index contributed by atoms with van der Waals surface area (Å²) < 4.78 is 33.0. The Morgan fingerprint density at radius 3 is 2.52 bits per heavy atom. The number of ether oxygens (including phenoxy) is 1. The van der Waals surface area contributed by atoms with Crippen molar-refractivity contribution in [3.05, 3.63) is 48.5 Å². The van der Waals surface area contributed by atoms with Crippen molar-refractivity contribution in [2.75, 3.05) is 17.1 Å². The van der Waals surface area contributed by atoms with Crippen LogP contribution < -0.4 is 14.8 Å². The number of amides is 1. The molecule has 4 rings (SSSR count). The minimum absolute atomic E-state index is 0.0415. The second-order valence-corrected chi connectivity index (χ2v) is 9.73. The lowest BCUT2D eigenvalue weighted by molar-refractivity contribution is -0.117. The van der Waals surface area contributed by atoms with Gasteiger partial charge in [0.15, 0.2) is 0 Å². The third-order valence-electron chi connectivity index (χ3n) is 6.10. The summed E-state index contributed by atoms with van der Waals surface area (Å²) in [7, 11) is -2.21. The van der Waals surface area contributed by atoms with Gasteiger partial charge < -0.3 is 10.1 Å². The maximum atomic E-state index is 12.7. The Balaban J connectivity index is 1.41. The van der Waals surface area contributed by atoms with Gasteiger partial charge in [-0.1, -0.05) is 12.5 Å². The molecule has 2 aliphatic carbocycles. The van der Waals surface area contributed by atoms with Crippen molar-refractivity contribution < 1.29 is 17.9 Å². The summed E-state index contributed by atoms with van der Waals surface area (Å²) in [5, 5.41) is 2.87. The van der Waals surface area contributed by atoms with E-state index in [0.717, 1.165) is 12.3 Å². The summed E-state index contributed by atoms with van der Waals surface area (Å²) in [5.41, 5.74) is 0.937. The Morgan fingerprint density at radius 2 is 1.86 bits per heavy atom. The molecule has 7 heteroatoms. The first-order valence-corrected chi connectivity index (χ1v) is 11.5. The molecule has 2 aromatic carbocycles. The number of hydrogen-bond acceptors (Lipinski definition) is 4. The molecule has 0 aliphatic heterocycles. The second-order valence-electron chi connectivity index (χ2n) is 8.05. The molecule has 0 saturated heterocycles. The van der Waals surface area contributed by atoms with Crippen molar-refractivity contribution in [3.8, 4) is 5.75 Å². The average Bonchev–Trinajstić information content (AvgIpc) is 3.31. The number of sulfonamides is 1. The summed E-state index contributed by atoms with van der Waals surface area (Å²) in [4.78, 5) is 12.6. The van der Waals surface area contributed by atoms with Crippen molar-refractivity contribution in [1.29, 1.82) is 0 Å². The molecule has 0 radical (unpaired) electrons. The predicted octanol–water partition coefficient (Wildman–Crippen LogP) is 4.26. The van der Waals surface area contributed by atoms with Crippen molar-refractivity contribution in [1.82, 2.24) is 0 Å². The molecular weight excluding hydrogens is 388 g/mol. The number of benzene rings is 2. The van der Waals surface area contributed by atoms with Gasteiger partial charge in [-0.2, -0.15) is 0 Å². The number of nitrogens with one attached hydrogen (secondary N) is 2. The van der Waals surface area contributed by atoms with E-state index in [-0.39, 0.29) is 10.8 Å². The molecule has 6 nitrogen and oxygen atoms in total. The quantitative estimate of drug-likeness (QED) is 0.709. The van der Waals surface area contributed by atoms with Gasteiger partial charge in [0.05, 0.1) is 12.0 Å². The molecule has 1 amide bonds. The Labute approximate surface area is 171 Å². The number of hydrogen-bond donors (Lipinski definition) is 2. The standard InChI is InChI=1S/C22H26N2O4S/c1-28-20-9-7-18(8-10-20)24-29(26,27)21-4-2-3-19(14-21)23-22(25)13-17-12-15-5-6-16(17)11-15/h2-4,7-10,14-17,24H,5-6,11-13H2,1H3,(H,23,25). The van der Waals surface area contributed by atoms with Crippen LogP contribution in [0.15, 0.2) is 53.4 Å². The Bertz CT molecular complexity index is 988. The van der Waals surface area contributed by atoms with E-state index >= 15 is 0 Å². The fraction of sp³-hybridized carbons (Fsp3) is 0.409. The molecule has 2 fully saturated rings. The van der Waals surface area contributed by atoms with Gasteiger partial charge in [0.2, 0.25) is 5.91 Å². The Hall–Kier alpha value is -2.54. The fourth-order valence-corrected chi connectivity index (χ4v) is 5.79. The van der Waals surface area contributed by atoms with Gasteiger partial charge in [-0.3, -0.25) is 9.52 Å². The Morgan fingerprint density at radius 1 is 1.07 bits per heavy atom. The van der Waals surface area contributed by atoms with E-state index in [1.807, 2.05) is 0 Å². The first kappa shape index (κ1) is 19.8. The monoisotopic (exact) mass is 414 g/mol. The van der Waals surface area contributed by atoms with Crippen LogP contribution in [-0.4, -0.2) is 21.4 Å². The fourth-order valence-electron chi connectivity index (χ4n) is 4.69. The first-order chi connectivity index (χ1) is 13.9. The normalized spacial score (nSPS) is 23.0. The van der Waals surface area contributed by atoms with Crippen LogP contribution in [0.1, 0.15) is 32.1 Å². The lowest BCUT2D eigenvalue weighted by atomic mass is 9.86. The zero-order valence-electron chi connectivity index (χ0n) is 16.4. The predicted molar refractivity (Wildman–Crippen MR) is 112 cm³/mol. The molecule has 154 valence electrons. The Kier molecular flexibility index (Phi) is 5.50. The third kappa shape index (κ3) is 4.56. The summed E-state index contributed by atoms with van der Waals surface area (Å²) in [5.74, 6) is 2.56. The lowest BCUT2D eigenvalue weighted by Crippen LogP contribution is -2.20. The molecule has 0 spiro atoms. The number of methoxy groups -OCH3 is 1. The summed E-state index contributed by atoms with van der Waals surface area (Å²) in [6.07, 6.45) is 5.49. The van der Waals surface area contributed by atoms with Crippen molar-refractivity contribution >= 4 is 27.3 Å². The van der Waals surface area contributed by atoms with E-state index < -0.39 is 10.0 Å². The highest BCUT2D eigenvalue weighted by atomic mass is 32.2. The van der Waals surface area contributed by atoms with E-state index in [9.17, 15) is 13.2 Å². The van der Waals surface area contributed by atoms with E-state index in [0.29, 0.717) is 35.4 Å². The van der Waals surface area contributed by atoms with E-state index in [2.05, 4.69) is 10.0 Å². The van der Waals surface area contributed by atoms with Gasteiger partial charge in [0.1, 0.15) is 5.75 Å². The van der Waals surface area contributed by atoms with Gasteiger partial charge >= 0.3 is 0 Å². The van der Waals surface area contributed by atoms with Gasteiger partial charge in [0.25, 0.3) is 10.0 Å². The average molecular weight is 415 g/mol. The molecular formula is C22H26N2O4S. The van der Waals surface area contributed by atoms with Gasteiger partial charge in [0, 0.05) is 17.8 Å². The van der Waals surface area contributed by atoms with Gasteiger partial charge in [-0.15, -0.1) is 0 Å². The molecule has 2 saturated carbocycles. The van der Waals surface area contributed by atoms with Crippen LogP contribution in [0.5, 0.6) is 5.75 Å². The highest BCUT2D eigenvalue weighted by molar-refractivity contribution is 7.92. The van der Waals surface area contributed by atoms with Crippen LogP contribution in [-0.2, 0) is 14.8 Å². The second kappa shape index (κ2) is 8.06. The molecule has 2 N–H and O–H groups in total. The van der Waals surface area contributed by atoms with Crippen molar-refractivity contribution in [2.24, 2.45) is 17.8 Å². The smallest absolute Gasteiger partial charge is 0.261 e. The molecule has 29 heavy (non-hydrogen) atoms. The van der Waals surface area contributed by atoms with Crippen LogP contribution in [0, 0.1) is 17.8 Å². The zero-order valence-corrected chi connectivity index (χ0v) is 17.2. The van der Waals surface area contributed by atoms with Gasteiger partial charge in [-0.05, 0) is 79.5 Å². The number of carbonyl (C=O) groups is 1. The molecule has 3 atom stereocenters. The lowest BCUT2D eigenvalue weighted by Gasteiger charge is -2.21. The number of fused-ring (bicyclic) bond motifs is 2. The largest absolute Gasteiger partial charge is 0.497 e. The highest BCUT2D eigenvalue weighted by Crippen LogP contribution is 2.49. The molecule has 2 aromatic rings. The molecule has 0 heterocycles. The van der Waals surface area contributed by atoms with Crippen molar-refractivity contribution in [2.45, 2.75) is 37.0 Å². The topological polar surface area (TPSA) is 84.5 Å².